The van der Waals surface area contributed by atoms with Crippen molar-refractivity contribution in [2.24, 2.45) is 10.9 Å². The number of rotatable bonds is 7. The van der Waals surface area contributed by atoms with Gasteiger partial charge in [0.15, 0.2) is 17.6 Å². The third kappa shape index (κ3) is 5.27. The van der Waals surface area contributed by atoms with Crippen LogP contribution in [0.25, 0.3) is 11.6 Å². The lowest BCUT2D eigenvalue weighted by Crippen LogP contribution is -2.33. The van der Waals surface area contributed by atoms with Crippen LogP contribution in [0.3, 0.4) is 0 Å². The van der Waals surface area contributed by atoms with E-state index in [4.69, 9.17) is 14.1 Å². The number of aromatic nitrogens is 3. The summed E-state index contributed by atoms with van der Waals surface area (Å²) in [5, 5.41) is 12.8. The zero-order valence-electron chi connectivity index (χ0n) is 20.2. The molecule has 6 rings (SSSR count). The average Bonchev–Trinajstić information content (AvgIpc) is 3.50. The Morgan fingerprint density at radius 3 is 2.54 bits per heavy atom. The first-order chi connectivity index (χ1) is 18.8. The maximum Gasteiger partial charge on any atom is 0.443 e. The fourth-order valence-electron chi connectivity index (χ4n) is 4.24. The lowest BCUT2D eigenvalue weighted by atomic mass is 9.96. The number of nitrogens with one attached hydrogen (secondary N) is 2. The molecule has 200 valence electrons. The highest BCUT2D eigenvalue weighted by atomic mass is 32.1. The smallest absolute Gasteiger partial charge is 0.402 e. The highest BCUT2D eigenvalue weighted by Gasteiger charge is 2.37. The highest BCUT2D eigenvalue weighted by Crippen LogP contribution is 2.41. The van der Waals surface area contributed by atoms with E-state index < -0.39 is 17.3 Å². The van der Waals surface area contributed by atoms with Crippen molar-refractivity contribution in [3.05, 3.63) is 76.3 Å². The molecule has 2 aromatic carbocycles. The molecule has 0 aliphatic carbocycles. The van der Waals surface area contributed by atoms with Crippen molar-refractivity contribution in [3.8, 4) is 11.6 Å². The molecule has 4 heterocycles. The van der Waals surface area contributed by atoms with Crippen LogP contribution in [-0.4, -0.2) is 52.6 Å². The summed E-state index contributed by atoms with van der Waals surface area (Å²) in [5.41, 5.74) is 3.00. The van der Waals surface area contributed by atoms with Crippen LogP contribution in [0.15, 0.2) is 64.0 Å². The zero-order chi connectivity index (χ0) is 27.0. The number of aliphatic imine (C=N–C) groups is 1. The molecule has 4 aromatic rings. The molecule has 0 unspecified atom stereocenters. The second-order valence-corrected chi connectivity index (χ2v) is 10.1. The molecule has 13 heteroatoms. The Morgan fingerprint density at radius 2 is 1.79 bits per heavy atom. The van der Waals surface area contributed by atoms with Gasteiger partial charge < -0.3 is 19.8 Å². The molecule has 0 saturated carbocycles. The van der Waals surface area contributed by atoms with E-state index in [0.717, 1.165) is 16.7 Å². The second kappa shape index (κ2) is 10.2. The molecule has 2 aromatic heterocycles. The predicted octanol–water partition coefficient (Wildman–Crippen LogP) is 4.67. The highest BCUT2D eigenvalue weighted by molar-refractivity contribution is 7.16. The lowest BCUT2D eigenvalue weighted by molar-refractivity contribution is -0.137. The summed E-state index contributed by atoms with van der Waals surface area (Å²) in [6.45, 7) is 1.49. The van der Waals surface area contributed by atoms with Gasteiger partial charge in [-0.15, -0.1) is 5.10 Å². The molecule has 9 nitrogen and oxygen atoms in total. The van der Waals surface area contributed by atoms with Crippen LogP contribution >= 0.6 is 11.3 Å². The number of carbonyl (C=O) groups excluding carboxylic acids is 1. The molecule has 2 aliphatic rings. The molecule has 0 bridgehead atoms. The van der Waals surface area contributed by atoms with Crippen LogP contribution in [-0.2, 0) is 22.1 Å². The maximum atomic E-state index is 13.4. The average molecular weight is 555 g/mol. The fraction of sp³-hybridized carbons (Fsp3) is 0.269. The minimum absolute atomic E-state index is 0.110. The number of ketones is 1. The first kappa shape index (κ1) is 25.2. The lowest BCUT2D eigenvalue weighted by Gasteiger charge is -2.26. The SMILES string of the molecule is O=C1Cc2ccccc2C(c2ccccc2)=N[C@@H]1Nc1nnc(-c2nc(C(F)(F)F)sc2NCC2COC2)o1. The van der Waals surface area contributed by atoms with Crippen LogP contribution in [0.1, 0.15) is 21.7 Å². The van der Waals surface area contributed by atoms with Crippen molar-refractivity contribution >= 4 is 33.8 Å². The quantitative estimate of drug-likeness (QED) is 0.339. The van der Waals surface area contributed by atoms with Crippen molar-refractivity contribution in [2.75, 3.05) is 30.4 Å². The van der Waals surface area contributed by atoms with Gasteiger partial charge in [-0.25, -0.2) is 4.98 Å². The van der Waals surface area contributed by atoms with Crippen LogP contribution in [0.5, 0.6) is 0 Å². The van der Waals surface area contributed by atoms with E-state index in [1.165, 1.54) is 0 Å². The van der Waals surface area contributed by atoms with E-state index in [-0.39, 0.29) is 40.7 Å². The van der Waals surface area contributed by atoms with Crippen molar-refractivity contribution in [1.82, 2.24) is 15.2 Å². The number of carbonyl (C=O) groups is 1. The molecule has 39 heavy (non-hydrogen) atoms. The van der Waals surface area contributed by atoms with E-state index in [0.29, 0.717) is 36.8 Å². The van der Waals surface area contributed by atoms with E-state index in [9.17, 15) is 18.0 Å². The van der Waals surface area contributed by atoms with Gasteiger partial charge in [0, 0.05) is 30.0 Å². The van der Waals surface area contributed by atoms with Gasteiger partial charge in [0.2, 0.25) is 5.01 Å². The third-order valence-corrected chi connectivity index (χ3v) is 7.32. The summed E-state index contributed by atoms with van der Waals surface area (Å²) in [5.74, 6) is -0.254. The fourth-order valence-corrected chi connectivity index (χ4v) is 5.07. The van der Waals surface area contributed by atoms with E-state index >= 15 is 0 Å². The summed E-state index contributed by atoms with van der Waals surface area (Å²) in [4.78, 5) is 21.6. The Kier molecular flexibility index (Phi) is 6.61. The number of nitrogens with zero attached hydrogens (tertiary/aromatic N) is 4. The summed E-state index contributed by atoms with van der Waals surface area (Å²) in [7, 11) is 0. The van der Waals surface area contributed by atoms with Crippen molar-refractivity contribution in [3.63, 3.8) is 0 Å². The zero-order valence-corrected chi connectivity index (χ0v) is 21.1. The summed E-state index contributed by atoms with van der Waals surface area (Å²) >= 11 is 0.465. The van der Waals surface area contributed by atoms with Crippen LogP contribution in [0, 0.1) is 5.92 Å². The molecular weight excluding hydrogens is 533 g/mol. The molecule has 0 radical (unpaired) electrons. The number of hydrogen-bond donors (Lipinski definition) is 2. The normalized spacial score (nSPS) is 17.7. The van der Waals surface area contributed by atoms with E-state index in [2.05, 4.69) is 25.8 Å². The van der Waals surface area contributed by atoms with Crippen molar-refractivity contribution in [2.45, 2.75) is 18.8 Å². The standard InChI is InChI=1S/C26H21F3N6O3S/c27-26(28,29)24-32-20(23(39-24)30-11-14-12-37-13-14)22-34-35-25(38-22)33-21-18(36)10-16-8-4-5-9-17(16)19(31-21)15-6-2-1-3-7-15/h1-9,14,21,30H,10-13H2,(H,33,35)/t21-/m1/s1. The number of Topliss-reactive ketones (excluding diaryl/α,β-unsaturated/α-hetero) is 1. The summed E-state index contributed by atoms with van der Waals surface area (Å²) < 4.78 is 51.1. The maximum absolute atomic E-state index is 13.4. The first-order valence-electron chi connectivity index (χ1n) is 12.1. The number of halogens is 3. The van der Waals surface area contributed by atoms with Gasteiger partial charge in [0.1, 0.15) is 5.00 Å². The molecule has 2 aliphatic heterocycles. The number of fused-ring (bicyclic) bond motifs is 1. The Labute approximate surface area is 224 Å². The van der Waals surface area contributed by atoms with Gasteiger partial charge in [0.25, 0.3) is 5.89 Å². The van der Waals surface area contributed by atoms with Crippen LogP contribution in [0.2, 0.25) is 0 Å². The minimum Gasteiger partial charge on any atom is -0.402 e. The number of alkyl halides is 3. The van der Waals surface area contributed by atoms with Gasteiger partial charge in [-0.05, 0) is 5.56 Å². The second-order valence-electron chi connectivity index (χ2n) is 9.08. The van der Waals surface area contributed by atoms with Gasteiger partial charge in [0.05, 0.1) is 18.9 Å². The first-order valence-corrected chi connectivity index (χ1v) is 12.9. The number of ether oxygens (including phenoxy) is 1. The molecule has 1 atom stereocenters. The summed E-state index contributed by atoms with van der Waals surface area (Å²) in [6.07, 6.45) is -5.57. The Bertz CT molecular complexity index is 1530. The number of benzene rings is 2. The van der Waals surface area contributed by atoms with Gasteiger partial charge >= 0.3 is 12.2 Å². The number of anilines is 2. The largest absolute Gasteiger partial charge is 0.443 e. The van der Waals surface area contributed by atoms with Gasteiger partial charge in [-0.2, -0.15) is 13.2 Å². The van der Waals surface area contributed by atoms with Crippen molar-refractivity contribution < 1.29 is 27.1 Å². The third-order valence-electron chi connectivity index (χ3n) is 6.26. The number of thiazole rings is 1. The molecular formula is C26H21F3N6O3S. The van der Waals surface area contributed by atoms with Gasteiger partial charge in [-0.1, -0.05) is 71.0 Å². The topological polar surface area (TPSA) is 115 Å². The van der Waals surface area contributed by atoms with Gasteiger partial charge in [-0.3, -0.25) is 9.79 Å². The van der Waals surface area contributed by atoms with Crippen LogP contribution in [0.4, 0.5) is 24.2 Å². The molecule has 2 N–H and O–H groups in total. The summed E-state index contributed by atoms with van der Waals surface area (Å²) in [6, 6.07) is 16.8. The predicted molar refractivity (Wildman–Crippen MR) is 138 cm³/mol. The molecule has 0 spiro atoms. The minimum atomic E-state index is -4.63. The Hall–Kier alpha value is -4.10. The monoisotopic (exact) mass is 554 g/mol. The molecule has 1 saturated heterocycles. The van der Waals surface area contributed by atoms with Crippen molar-refractivity contribution in [1.29, 1.82) is 0 Å². The Balaban J connectivity index is 1.30. The number of hydrogen-bond acceptors (Lipinski definition) is 10. The van der Waals surface area contributed by atoms with Crippen LogP contribution < -0.4 is 10.6 Å². The molecule has 0 amide bonds. The molecule has 1 fully saturated rings. The van der Waals surface area contributed by atoms with E-state index in [1.807, 2.05) is 54.6 Å². The Morgan fingerprint density at radius 1 is 1.03 bits per heavy atom. The van der Waals surface area contributed by atoms with E-state index in [1.54, 1.807) is 0 Å².